The summed E-state index contributed by atoms with van der Waals surface area (Å²) in [5.74, 6) is -0.188. The van der Waals surface area contributed by atoms with Gasteiger partial charge in [-0.25, -0.2) is 0 Å². The number of nitrogens with zero attached hydrogens (tertiary/aromatic N) is 1. The van der Waals surface area contributed by atoms with Gasteiger partial charge in [0.1, 0.15) is 11.9 Å². The Hall–Kier alpha value is -2.94. The third kappa shape index (κ3) is 6.02. The monoisotopic (exact) mass is 411 g/mol. The summed E-state index contributed by atoms with van der Waals surface area (Å²) in [7, 11) is 0. The SMILES string of the molecule is O=C(COc1ccc(CO)cc1)N1CC[C@@H](Oc2ccccc2OC(F)(F)F)C1. The zero-order valence-corrected chi connectivity index (χ0v) is 15.4. The first kappa shape index (κ1) is 20.8. The van der Waals surface area contributed by atoms with Crippen LogP contribution in [0.1, 0.15) is 12.0 Å². The molecule has 0 saturated carbocycles. The van der Waals surface area contributed by atoms with Crippen molar-refractivity contribution in [1.82, 2.24) is 4.90 Å². The topological polar surface area (TPSA) is 68.2 Å². The summed E-state index contributed by atoms with van der Waals surface area (Å²) in [6, 6.07) is 12.2. The van der Waals surface area contributed by atoms with Gasteiger partial charge in [-0.15, -0.1) is 13.2 Å². The number of aliphatic hydroxyl groups is 1. The second-order valence-electron chi connectivity index (χ2n) is 6.45. The number of alkyl halides is 3. The molecule has 1 N–H and O–H groups in total. The maximum absolute atomic E-state index is 12.5. The van der Waals surface area contributed by atoms with Gasteiger partial charge in [0.25, 0.3) is 5.91 Å². The minimum atomic E-state index is -4.82. The lowest BCUT2D eigenvalue weighted by atomic mass is 10.2. The smallest absolute Gasteiger partial charge is 0.485 e. The molecule has 156 valence electrons. The summed E-state index contributed by atoms with van der Waals surface area (Å²) in [5, 5.41) is 9.02. The Bertz CT molecular complexity index is 826. The normalized spacial score (nSPS) is 16.6. The molecule has 1 aliphatic heterocycles. The lowest BCUT2D eigenvalue weighted by Crippen LogP contribution is -2.34. The van der Waals surface area contributed by atoms with Crippen LogP contribution in [-0.2, 0) is 11.4 Å². The van der Waals surface area contributed by atoms with Gasteiger partial charge in [0, 0.05) is 13.0 Å². The maximum Gasteiger partial charge on any atom is 0.573 e. The lowest BCUT2D eigenvalue weighted by Gasteiger charge is -2.19. The molecule has 1 heterocycles. The number of ether oxygens (including phenoxy) is 3. The van der Waals surface area contributed by atoms with E-state index in [4.69, 9.17) is 14.6 Å². The fourth-order valence-electron chi connectivity index (χ4n) is 2.91. The van der Waals surface area contributed by atoms with Crippen molar-refractivity contribution >= 4 is 5.91 Å². The number of para-hydroxylation sites is 2. The molecule has 0 aromatic heterocycles. The molecule has 6 nitrogen and oxygen atoms in total. The van der Waals surface area contributed by atoms with Gasteiger partial charge in [-0.1, -0.05) is 24.3 Å². The van der Waals surface area contributed by atoms with Crippen LogP contribution in [0.3, 0.4) is 0 Å². The van der Waals surface area contributed by atoms with E-state index in [1.165, 1.54) is 18.2 Å². The average molecular weight is 411 g/mol. The Morgan fingerprint density at radius 3 is 2.45 bits per heavy atom. The minimum absolute atomic E-state index is 0.0238. The molecule has 1 amide bonds. The van der Waals surface area contributed by atoms with E-state index in [2.05, 4.69) is 4.74 Å². The van der Waals surface area contributed by atoms with Crippen molar-refractivity contribution in [1.29, 1.82) is 0 Å². The molecule has 1 saturated heterocycles. The van der Waals surface area contributed by atoms with Gasteiger partial charge in [0.15, 0.2) is 18.1 Å². The van der Waals surface area contributed by atoms with E-state index in [0.717, 1.165) is 5.56 Å². The highest BCUT2D eigenvalue weighted by atomic mass is 19.4. The Balaban J connectivity index is 1.51. The fourth-order valence-corrected chi connectivity index (χ4v) is 2.91. The second kappa shape index (κ2) is 9.04. The highest BCUT2D eigenvalue weighted by Crippen LogP contribution is 2.33. The van der Waals surface area contributed by atoms with Crippen LogP contribution in [0.15, 0.2) is 48.5 Å². The number of aliphatic hydroxyl groups excluding tert-OH is 1. The van der Waals surface area contributed by atoms with Crippen molar-refractivity contribution in [3.63, 3.8) is 0 Å². The molecule has 0 unspecified atom stereocenters. The molecule has 29 heavy (non-hydrogen) atoms. The van der Waals surface area contributed by atoms with E-state index in [1.54, 1.807) is 35.2 Å². The van der Waals surface area contributed by atoms with Crippen molar-refractivity contribution in [2.45, 2.75) is 25.5 Å². The second-order valence-corrected chi connectivity index (χ2v) is 6.45. The molecule has 2 aromatic rings. The summed E-state index contributed by atoms with van der Waals surface area (Å²) in [4.78, 5) is 13.9. The zero-order valence-electron chi connectivity index (χ0n) is 15.4. The highest BCUT2D eigenvalue weighted by molar-refractivity contribution is 5.78. The third-order valence-electron chi connectivity index (χ3n) is 4.33. The van der Waals surface area contributed by atoms with Crippen LogP contribution in [0.5, 0.6) is 17.2 Å². The number of halogens is 3. The molecule has 9 heteroatoms. The molecule has 0 bridgehead atoms. The van der Waals surface area contributed by atoms with Crippen LogP contribution in [0.4, 0.5) is 13.2 Å². The Morgan fingerprint density at radius 2 is 1.79 bits per heavy atom. The van der Waals surface area contributed by atoms with Crippen LogP contribution >= 0.6 is 0 Å². The zero-order chi connectivity index (χ0) is 20.9. The first-order valence-corrected chi connectivity index (χ1v) is 8.96. The molecule has 2 aromatic carbocycles. The van der Waals surface area contributed by atoms with Crippen molar-refractivity contribution in [2.75, 3.05) is 19.7 Å². The van der Waals surface area contributed by atoms with Crippen LogP contribution in [0.2, 0.25) is 0 Å². The van der Waals surface area contributed by atoms with Crippen molar-refractivity contribution in [2.24, 2.45) is 0 Å². The lowest BCUT2D eigenvalue weighted by molar-refractivity contribution is -0.275. The van der Waals surface area contributed by atoms with Crippen LogP contribution in [-0.4, -0.2) is 48.1 Å². The molecular weight excluding hydrogens is 391 g/mol. The van der Waals surface area contributed by atoms with E-state index in [9.17, 15) is 18.0 Å². The standard InChI is InChI=1S/C20H20F3NO5/c21-20(22,23)29-18-4-2-1-3-17(18)28-16-9-10-24(11-16)19(26)13-27-15-7-5-14(12-25)6-8-15/h1-8,16,25H,9-13H2/t16-/m1/s1. The van der Waals surface area contributed by atoms with Gasteiger partial charge in [-0.3, -0.25) is 4.79 Å². The minimum Gasteiger partial charge on any atom is -0.485 e. The van der Waals surface area contributed by atoms with E-state index in [-0.39, 0.29) is 31.4 Å². The van der Waals surface area contributed by atoms with Gasteiger partial charge < -0.3 is 24.2 Å². The molecule has 0 spiro atoms. The Kier molecular flexibility index (Phi) is 6.48. The van der Waals surface area contributed by atoms with Crippen LogP contribution < -0.4 is 14.2 Å². The number of amides is 1. The fraction of sp³-hybridized carbons (Fsp3) is 0.350. The van der Waals surface area contributed by atoms with Gasteiger partial charge in [0.2, 0.25) is 0 Å². The van der Waals surface area contributed by atoms with E-state index >= 15 is 0 Å². The number of likely N-dealkylation sites (tertiary alicyclic amines) is 1. The van der Waals surface area contributed by atoms with E-state index in [1.807, 2.05) is 0 Å². The highest BCUT2D eigenvalue weighted by Gasteiger charge is 2.33. The van der Waals surface area contributed by atoms with Crippen LogP contribution in [0.25, 0.3) is 0 Å². The maximum atomic E-state index is 12.5. The molecule has 1 aliphatic rings. The third-order valence-corrected chi connectivity index (χ3v) is 4.33. The number of hydrogen-bond donors (Lipinski definition) is 1. The molecule has 0 radical (unpaired) electrons. The first-order valence-electron chi connectivity index (χ1n) is 8.96. The van der Waals surface area contributed by atoms with E-state index in [0.29, 0.717) is 18.7 Å². The predicted octanol–water partition coefficient (Wildman–Crippen LogP) is 3.14. The summed E-state index contributed by atoms with van der Waals surface area (Å²) in [6.07, 6.45) is -4.78. The quantitative estimate of drug-likeness (QED) is 0.758. The van der Waals surface area contributed by atoms with Crippen molar-refractivity contribution < 1.29 is 37.3 Å². The van der Waals surface area contributed by atoms with Gasteiger partial charge in [-0.05, 0) is 29.8 Å². The number of carbonyl (C=O) groups excluding carboxylic acids is 1. The predicted molar refractivity (Wildman–Crippen MR) is 96.6 cm³/mol. The van der Waals surface area contributed by atoms with Crippen molar-refractivity contribution in [3.05, 3.63) is 54.1 Å². The summed E-state index contributed by atoms with van der Waals surface area (Å²) >= 11 is 0. The van der Waals surface area contributed by atoms with Gasteiger partial charge in [0.05, 0.1) is 13.2 Å². The molecule has 1 fully saturated rings. The van der Waals surface area contributed by atoms with Gasteiger partial charge in [-0.2, -0.15) is 0 Å². The number of benzene rings is 2. The van der Waals surface area contributed by atoms with Crippen LogP contribution in [0, 0.1) is 0 Å². The molecule has 1 atom stereocenters. The van der Waals surface area contributed by atoms with Crippen molar-refractivity contribution in [3.8, 4) is 17.2 Å². The summed E-state index contributed by atoms with van der Waals surface area (Å²) < 4.78 is 52.6. The summed E-state index contributed by atoms with van der Waals surface area (Å²) in [5.41, 5.74) is 0.734. The Labute approximate surface area is 165 Å². The van der Waals surface area contributed by atoms with Gasteiger partial charge >= 0.3 is 6.36 Å². The number of carbonyl (C=O) groups is 1. The average Bonchev–Trinajstić information content (AvgIpc) is 3.15. The molecule has 3 rings (SSSR count). The largest absolute Gasteiger partial charge is 0.573 e. The number of rotatable bonds is 7. The van der Waals surface area contributed by atoms with E-state index < -0.39 is 18.2 Å². The summed E-state index contributed by atoms with van der Waals surface area (Å²) in [6.45, 7) is 0.412. The molecular formula is C20H20F3NO5. The molecule has 0 aliphatic carbocycles. The first-order chi connectivity index (χ1) is 13.8. The number of hydrogen-bond acceptors (Lipinski definition) is 5. The Morgan fingerprint density at radius 1 is 1.10 bits per heavy atom.